The maximum atomic E-state index is 13.3. The number of hydrogen-bond donors (Lipinski definition) is 0. The number of aromatic nitrogens is 1. The predicted octanol–water partition coefficient (Wildman–Crippen LogP) is 2.95. The van der Waals surface area contributed by atoms with Crippen LogP contribution in [0, 0.1) is 6.92 Å². The van der Waals surface area contributed by atoms with Gasteiger partial charge in [-0.2, -0.15) is 4.31 Å². The van der Waals surface area contributed by atoms with Crippen molar-refractivity contribution in [3.8, 4) is 11.5 Å². The predicted molar refractivity (Wildman–Crippen MR) is 115 cm³/mol. The monoisotopic (exact) mass is 441 g/mol. The molecule has 1 fully saturated rings. The third-order valence-corrected chi connectivity index (χ3v) is 7.00. The molecule has 1 aliphatic heterocycles. The number of oxazole rings is 1. The van der Waals surface area contributed by atoms with Crippen LogP contribution in [0.25, 0.3) is 11.5 Å². The highest BCUT2D eigenvalue weighted by Gasteiger charge is 2.37. The quantitative estimate of drug-likeness (QED) is 0.562. The summed E-state index contributed by atoms with van der Waals surface area (Å²) in [6, 6.07) is 17.0. The van der Waals surface area contributed by atoms with Crippen LogP contribution in [0.15, 0.2) is 64.1 Å². The molecule has 3 aromatic rings. The molecule has 1 aliphatic rings. The minimum atomic E-state index is -4.07. The lowest BCUT2D eigenvalue weighted by Crippen LogP contribution is -2.48. The molecule has 0 radical (unpaired) electrons. The molecular weight excluding hydrogens is 418 g/mol. The van der Waals surface area contributed by atoms with Crippen LogP contribution in [0.2, 0.25) is 0 Å². The molecule has 1 saturated heterocycles. The third kappa shape index (κ3) is 4.19. The number of hydrogen-bond acceptors (Lipinski definition) is 7. The van der Waals surface area contributed by atoms with Gasteiger partial charge in [0.05, 0.1) is 7.11 Å². The SMILES string of the molecule is COC(=O)c1nc(-c2ccc(C)cc2)oc1S(=O)(=O)N1CCN(c2ccccc2)CC1. The number of ether oxygens (including phenoxy) is 1. The van der Waals surface area contributed by atoms with Crippen molar-refractivity contribution in [3.05, 3.63) is 65.9 Å². The lowest BCUT2D eigenvalue weighted by Gasteiger charge is -2.34. The van der Waals surface area contributed by atoms with Gasteiger partial charge < -0.3 is 14.1 Å². The standard InChI is InChI=1S/C22H23N3O5S/c1-16-8-10-17(11-9-16)20-23-19(21(26)29-2)22(30-20)31(27,28)25-14-12-24(13-15-25)18-6-4-3-5-7-18/h3-11H,12-15H2,1-2H3. The Hall–Kier alpha value is -3.17. The number of sulfonamides is 1. The molecule has 4 rings (SSSR count). The van der Waals surface area contributed by atoms with Crippen LogP contribution in [0.4, 0.5) is 5.69 Å². The van der Waals surface area contributed by atoms with Crippen LogP contribution in [0.5, 0.6) is 0 Å². The second-order valence-corrected chi connectivity index (χ2v) is 9.08. The summed E-state index contributed by atoms with van der Waals surface area (Å²) < 4.78 is 38.4. The Morgan fingerprint density at radius 1 is 1.00 bits per heavy atom. The van der Waals surface area contributed by atoms with E-state index in [9.17, 15) is 13.2 Å². The Labute approximate surface area is 181 Å². The molecular formula is C22H23N3O5S. The molecule has 0 aliphatic carbocycles. The van der Waals surface area contributed by atoms with E-state index >= 15 is 0 Å². The Morgan fingerprint density at radius 2 is 1.65 bits per heavy atom. The van der Waals surface area contributed by atoms with Gasteiger partial charge in [0.1, 0.15) is 0 Å². The van der Waals surface area contributed by atoms with E-state index < -0.39 is 21.1 Å². The average molecular weight is 442 g/mol. The molecule has 0 saturated carbocycles. The van der Waals surface area contributed by atoms with Crippen molar-refractivity contribution in [2.45, 2.75) is 12.0 Å². The molecule has 9 heteroatoms. The zero-order valence-electron chi connectivity index (χ0n) is 17.3. The summed E-state index contributed by atoms with van der Waals surface area (Å²) in [5, 5.41) is -0.483. The van der Waals surface area contributed by atoms with Gasteiger partial charge in [-0.1, -0.05) is 35.9 Å². The number of carbonyl (C=O) groups excluding carboxylic acids is 1. The van der Waals surface area contributed by atoms with Gasteiger partial charge in [-0.05, 0) is 31.2 Å². The van der Waals surface area contributed by atoms with E-state index in [0.29, 0.717) is 18.7 Å². The summed E-state index contributed by atoms with van der Waals surface area (Å²) >= 11 is 0. The number of anilines is 1. The summed E-state index contributed by atoms with van der Waals surface area (Å²) in [6.45, 7) is 3.51. The number of rotatable bonds is 5. The van der Waals surface area contributed by atoms with E-state index in [-0.39, 0.29) is 24.7 Å². The first-order valence-electron chi connectivity index (χ1n) is 9.86. The molecule has 0 unspecified atom stereocenters. The average Bonchev–Trinajstić information content (AvgIpc) is 3.26. The molecule has 31 heavy (non-hydrogen) atoms. The number of para-hydroxylation sites is 1. The highest BCUT2D eigenvalue weighted by Crippen LogP contribution is 2.29. The third-order valence-electron chi connectivity index (χ3n) is 5.21. The normalized spacial score (nSPS) is 15.1. The molecule has 8 nitrogen and oxygen atoms in total. The number of carbonyl (C=O) groups is 1. The number of nitrogens with zero attached hydrogens (tertiary/aromatic N) is 3. The van der Waals surface area contributed by atoms with Crippen molar-refractivity contribution in [3.63, 3.8) is 0 Å². The van der Waals surface area contributed by atoms with Crippen molar-refractivity contribution in [1.82, 2.24) is 9.29 Å². The van der Waals surface area contributed by atoms with Gasteiger partial charge in [0, 0.05) is 37.4 Å². The second-order valence-electron chi connectivity index (χ2n) is 7.24. The van der Waals surface area contributed by atoms with Crippen LogP contribution >= 0.6 is 0 Å². The summed E-state index contributed by atoms with van der Waals surface area (Å²) in [6.07, 6.45) is 0. The number of esters is 1. The van der Waals surface area contributed by atoms with Gasteiger partial charge >= 0.3 is 5.97 Å². The van der Waals surface area contributed by atoms with Crippen molar-refractivity contribution in [2.24, 2.45) is 0 Å². The maximum Gasteiger partial charge on any atom is 0.361 e. The number of piperazine rings is 1. The number of benzene rings is 2. The first kappa shape index (κ1) is 21.1. The first-order chi connectivity index (χ1) is 14.9. The molecule has 0 atom stereocenters. The summed E-state index contributed by atoms with van der Waals surface area (Å²) in [5.41, 5.74) is 2.30. The van der Waals surface area contributed by atoms with Gasteiger partial charge in [-0.25, -0.2) is 18.2 Å². The fourth-order valence-electron chi connectivity index (χ4n) is 3.47. The minimum absolute atomic E-state index is 0.0573. The topological polar surface area (TPSA) is 92.9 Å². The van der Waals surface area contributed by atoms with Crippen molar-refractivity contribution in [1.29, 1.82) is 0 Å². The maximum absolute atomic E-state index is 13.3. The summed E-state index contributed by atoms with van der Waals surface area (Å²) in [4.78, 5) is 18.5. The molecule has 2 aromatic carbocycles. The summed E-state index contributed by atoms with van der Waals surface area (Å²) in [5.74, 6) is -0.800. The highest BCUT2D eigenvalue weighted by molar-refractivity contribution is 7.89. The number of aryl methyl sites for hydroxylation is 1. The largest absolute Gasteiger partial charge is 0.464 e. The van der Waals surface area contributed by atoms with Gasteiger partial charge in [0.15, 0.2) is 0 Å². The van der Waals surface area contributed by atoms with Gasteiger partial charge in [-0.3, -0.25) is 0 Å². The van der Waals surface area contributed by atoms with Crippen LogP contribution in [0.3, 0.4) is 0 Å². The van der Waals surface area contributed by atoms with Gasteiger partial charge in [0.2, 0.25) is 11.6 Å². The first-order valence-corrected chi connectivity index (χ1v) is 11.3. The molecule has 1 aromatic heterocycles. The van der Waals surface area contributed by atoms with Crippen molar-refractivity contribution >= 4 is 21.7 Å². The Kier molecular flexibility index (Phi) is 5.79. The fourth-order valence-corrected chi connectivity index (χ4v) is 4.91. The minimum Gasteiger partial charge on any atom is -0.464 e. The van der Waals surface area contributed by atoms with E-state index in [4.69, 9.17) is 9.15 Å². The lowest BCUT2D eigenvalue weighted by molar-refractivity contribution is 0.0587. The molecule has 2 heterocycles. The highest BCUT2D eigenvalue weighted by atomic mass is 32.2. The van der Waals surface area contributed by atoms with E-state index in [1.54, 1.807) is 12.1 Å². The molecule has 0 amide bonds. The molecule has 0 bridgehead atoms. The smallest absolute Gasteiger partial charge is 0.361 e. The lowest BCUT2D eigenvalue weighted by atomic mass is 10.1. The summed E-state index contributed by atoms with van der Waals surface area (Å²) in [7, 11) is -2.89. The van der Waals surface area contributed by atoms with Gasteiger partial charge in [0.25, 0.3) is 15.1 Å². The van der Waals surface area contributed by atoms with Gasteiger partial charge in [-0.15, -0.1) is 0 Å². The number of methoxy groups -OCH3 is 1. The Morgan fingerprint density at radius 3 is 2.26 bits per heavy atom. The molecule has 0 N–H and O–H groups in total. The molecule has 162 valence electrons. The van der Waals surface area contributed by atoms with Crippen LogP contribution in [-0.4, -0.2) is 57.0 Å². The van der Waals surface area contributed by atoms with E-state index in [2.05, 4.69) is 9.88 Å². The Bertz CT molecular complexity index is 1170. The Balaban J connectivity index is 1.63. The van der Waals surface area contributed by atoms with Crippen molar-refractivity contribution in [2.75, 3.05) is 38.2 Å². The van der Waals surface area contributed by atoms with E-state index in [1.807, 2.05) is 49.4 Å². The second kappa shape index (κ2) is 8.52. The van der Waals surface area contributed by atoms with Crippen LogP contribution < -0.4 is 4.90 Å². The van der Waals surface area contributed by atoms with E-state index in [1.165, 1.54) is 11.4 Å². The zero-order chi connectivity index (χ0) is 22.0. The van der Waals surface area contributed by atoms with E-state index in [0.717, 1.165) is 11.3 Å². The van der Waals surface area contributed by atoms with Crippen molar-refractivity contribution < 1.29 is 22.4 Å². The van der Waals surface area contributed by atoms with Crippen LogP contribution in [0.1, 0.15) is 16.1 Å². The zero-order valence-corrected chi connectivity index (χ0v) is 18.1. The van der Waals surface area contributed by atoms with Crippen LogP contribution in [-0.2, 0) is 14.8 Å². The fraction of sp³-hybridized carbons (Fsp3) is 0.273. The molecule has 0 spiro atoms.